The summed E-state index contributed by atoms with van der Waals surface area (Å²) in [6.45, 7) is 0. The minimum Gasteiger partial charge on any atom is -0.481 e. The average molecular weight is 263 g/mol. The average Bonchev–Trinajstić information content (AvgIpc) is 2.35. The molecule has 17 heavy (non-hydrogen) atoms. The maximum atomic E-state index is 10.7. The molecule has 0 aromatic carbocycles. The molecule has 0 saturated carbocycles. The summed E-state index contributed by atoms with van der Waals surface area (Å²) in [5.41, 5.74) is -0.676. The van der Waals surface area contributed by atoms with E-state index in [-0.39, 0.29) is 17.5 Å². The number of methoxy groups -OCH3 is 1. The lowest BCUT2D eigenvalue weighted by atomic mass is 10.1. The molecule has 0 bridgehead atoms. The molecule has 1 heterocycles. The fourth-order valence-corrected chi connectivity index (χ4v) is 1.37. The fraction of sp³-hybridized carbons (Fsp3) is 0.444. The zero-order valence-corrected chi connectivity index (χ0v) is 9.66. The predicted molar refractivity (Wildman–Crippen MR) is 59.1 cm³/mol. The highest BCUT2D eigenvalue weighted by atomic mass is 35.5. The standard InChI is InChI=1S/C9H11ClN2O5/c1-17-7-3-2-5(12(15)16)8(11-7)9(14)6(13)4-10/h2-3,6,9,13-14H,4H2,1H3. The van der Waals surface area contributed by atoms with Crippen LogP contribution < -0.4 is 4.74 Å². The summed E-state index contributed by atoms with van der Waals surface area (Å²) in [6.07, 6.45) is -2.88. The molecule has 0 amide bonds. The summed E-state index contributed by atoms with van der Waals surface area (Å²) >= 11 is 5.36. The number of hydrogen-bond acceptors (Lipinski definition) is 6. The van der Waals surface area contributed by atoms with E-state index in [1.54, 1.807) is 0 Å². The van der Waals surface area contributed by atoms with E-state index in [4.69, 9.17) is 16.3 Å². The Labute approximate surface area is 102 Å². The number of alkyl halides is 1. The maximum absolute atomic E-state index is 10.7. The van der Waals surface area contributed by atoms with Crippen LogP contribution in [0.2, 0.25) is 0 Å². The van der Waals surface area contributed by atoms with Crippen molar-refractivity contribution in [2.24, 2.45) is 0 Å². The van der Waals surface area contributed by atoms with Crippen LogP contribution in [0.5, 0.6) is 5.88 Å². The summed E-state index contributed by atoms with van der Waals surface area (Å²) in [5, 5.41) is 29.8. The number of hydrogen-bond donors (Lipinski definition) is 2. The van der Waals surface area contributed by atoms with Crippen molar-refractivity contribution in [3.05, 3.63) is 27.9 Å². The maximum Gasteiger partial charge on any atom is 0.293 e. The third-order valence-electron chi connectivity index (χ3n) is 2.09. The van der Waals surface area contributed by atoms with Gasteiger partial charge in [-0.05, 0) is 0 Å². The van der Waals surface area contributed by atoms with Gasteiger partial charge in [0.05, 0.1) is 24.0 Å². The minimum absolute atomic E-state index is 0.103. The van der Waals surface area contributed by atoms with Gasteiger partial charge in [-0.1, -0.05) is 0 Å². The summed E-state index contributed by atoms with van der Waals surface area (Å²) in [6, 6.07) is 2.44. The Morgan fingerprint density at radius 1 is 1.59 bits per heavy atom. The van der Waals surface area contributed by atoms with Crippen LogP contribution in [0.15, 0.2) is 12.1 Å². The quantitative estimate of drug-likeness (QED) is 0.458. The van der Waals surface area contributed by atoms with Gasteiger partial charge >= 0.3 is 0 Å². The SMILES string of the molecule is COc1ccc([N+](=O)[O-])c(C(O)C(O)CCl)n1. The summed E-state index contributed by atoms with van der Waals surface area (Å²) < 4.78 is 4.79. The van der Waals surface area contributed by atoms with Gasteiger partial charge in [0, 0.05) is 12.1 Å². The van der Waals surface area contributed by atoms with Gasteiger partial charge in [-0.3, -0.25) is 10.1 Å². The normalized spacial score (nSPS) is 14.1. The molecule has 7 nitrogen and oxygen atoms in total. The fourth-order valence-electron chi connectivity index (χ4n) is 1.20. The lowest BCUT2D eigenvalue weighted by Gasteiger charge is -2.15. The predicted octanol–water partition coefficient (Wildman–Crippen LogP) is 0.631. The van der Waals surface area contributed by atoms with Gasteiger partial charge in [0.25, 0.3) is 5.69 Å². The highest BCUT2D eigenvalue weighted by Gasteiger charge is 2.28. The van der Waals surface area contributed by atoms with Gasteiger partial charge in [0.2, 0.25) is 5.88 Å². The molecule has 0 aliphatic carbocycles. The van der Waals surface area contributed by atoms with Crippen LogP contribution in [-0.2, 0) is 0 Å². The number of rotatable bonds is 5. The molecular weight excluding hydrogens is 252 g/mol. The Morgan fingerprint density at radius 3 is 2.71 bits per heavy atom. The summed E-state index contributed by atoms with van der Waals surface area (Å²) in [4.78, 5) is 13.8. The van der Waals surface area contributed by atoms with Crippen LogP contribution in [0.3, 0.4) is 0 Å². The number of nitrogens with zero attached hydrogens (tertiary/aromatic N) is 2. The van der Waals surface area contributed by atoms with Gasteiger partial charge in [-0.25, -0.2) is 4.98 Å². The number of aliphatic hydroxyl groups excluding tert-OH is 2. The van der Waals surface area contributed by atoms with E-state index in [0.29, 0.717) is 0 Å². The van der Waals surface area contributed by atoms with Crippen LogP contribution in [0.4, 0.5) is 5.69 Å². The van der Waals surface area contributed by atoms with E-state index >= 15 is 0 Å². The highest BCUT2D eigenvalue weighted by molar-refractivity contribution is 6.18. The van der Waals surface area contributed by atoms with Crippen LogP contribution in [-0.4, -0.2) is 39.2 Å². The Bertz CT molecular complexity index is 414. The molecule has 8 heteroatoms. The number of aliphatic hydroxyl groups is 2. The van der Waals surface area contributed by atoms with Gasteiger partial charge in [-0.15, -0.1) is 11.6 Å². The number of halogens is 1. The second-order valence-electron chi connectivity index (χ2n) is 3.18. The molecule has 0 radical (unpaired) electrons. The van der Waals surface area contributed by atoms with Gasteiger partial charge in [0.1, 0.15) is 6.10 Å². The molecule has 2 unspecified atom stereocenters. The minimum atomic E-state index is -1.54. The van der Waals surface area contributed by atoms with Crippen LogP contribution in [0.1, 0.15) is 11.8 Å². The number of aromatic nitrogens is 1. The first kappa shape index (κ1) is 13.6. The van der Waals surface area contributed by atoms with Crippen molar-refractivity contribution in [2.75, 3.05) is 13.0 Å². The summed E-state index contributed by atoms with van der Waals surface area (Å²) in [7, 11) is 1.34. The lowest BCUT2D eigenvalue weighted by Crippen LogP contribution is -2.21. The van der Waals surface area contributed by atoms with E-state index < -0.39 is 22.8 Å². The van der Waals surface area contributed by atoms with E-state index in [1.807, 2.05) is 0 Å². The second-order valence-corrected chi connectivity index (χ2v) is 3.49. The molecule has 0 spiro atoms. The van der Waals surface area contributed by atoms with E-state index in [2.05, 4.69) is 4.98 Å². The van der Waals surface area contributed by atoms with E-state index in [1.165, 1.54) is 13.2 Å². The molecule has 94 valence electrons. The van der Waals surface area contributed by atoms with Crippen LogP contribution >= 0.6 is 11.6 Å². The first-order valence-corrected chi connectivity index (χ1v) is 5.16. The van der Waals surface area contributed by atoms with Crippen molar-refractivity contribution < 1.29 is 19.9 Å². The zero-order chi connectivity index (χ0) is 13.0. The van der Waals surface area contributed by atoms with Crippen molar-refractivity contribution >= 4 is 17.3 Å². The van der Waals surface area contributed by atoms with Gasteiger partial charge < -0.3 is 14.9 Å². The molecule has 0 saturated heterocycles. The molecule has 0 fully saturated rings. The first-order chi connectivity index (χ1) is 8.01. The van der Waals surface area contributed by atoms with Gasteiger partial charge in [0.15, 0.2) is 5.69 Å². The van der Waals surface area contributed by atoms with E-state index in [0.717, 1.165) is 6.07 Å². The molecular formula is C9H11ClN2O5. The molecule has 2 N–H and O–H groups in total. The second kappa shape index (κ2) is 5.76. The largest absolute Gasteiger partial charge is 0.481 e. The van der Waals surface area contributed by atoms with Crippen LogP contribution in [0.25, 0.3) is 0 Å². The topological polar surface area (TPSA) is 106 Å². The van der Waals surface area contributed by atoms with Crippen LogP contribution in [0, 0.1) is 10.1 Å². The monoisotopic (exact) mass is 262 g/mol. The molecule has 1 aromatic rings. The molecule has 0 aliphatic rings. The van der Waals surface area contributed by atoms with Gasteiger partial charge in [-0.2, -0.15) is 0 Å². The molecule has 1 aromatic heterocycles. The van der Waals surface area contributed by atoms with Crippen molar-refractivity contribution in [3.63, 3.8) is 0 Å². The van der Waals surface area contributed by atoms with Crippen molar-refractivity contribution in [1.82, 2.24) is 4.98 Å². The Balaban J connectivity index is 3.21. The number of ether oxygens (including phenoxy) is 1. The Hall–Kier alpha value is -1.44. The van der Waals surface area contributed by atoms with Crippen molar-refractivity contribution in [3.8, 4) is 5.88 Å². The first-order valence-electron chi connectivity index (χ1n) is 4.62. The third-order valence-corrected chi connectivity index (χ3v) is 2.40. The molecule has 2 atom stereocenters. The van der Waals surface area contributed by atoms with E-state index in [9.17, 15) is 20.3 Å². The lowest BCUT2D eigenvalue weighted by molar-refractivity contribution is -0.386. The smallest absolute Gasteiger partial charge is 0.293 e. The Morgan fingerprint density at radius 2 is 2.24 bits per heavy atom. The number of nitro groups is 1. The third kappa shape index (κ3) is 3.02. The molecule has 0 aliphatic heterocycles. The molecule has 1 rings (SSSR count). The van der Waals surface area contributed by atoms with Crippen molar-refractivity contribution in [2.45, 2.75) is 12.2 Å². The van der Waals surface area contributed by atoms with Crippen molar-refractivity contribution in [1.29, 1.82) is 0 Å². The Kier molecular flexibility index (Phi) is 4.62. The zero-order valence-electron chi connectivity index (χ0n) is 8.91. The highest BCUT2D eigenvalue weighted by Crippen LogP contribution is 2.28. The number of pyridine rings is 1. The summed E-state index contributed by atoms with van der Waals surface area (Å²) in [5.74, 6) is -0.163.